The van der Waals surface area contributed by atoms with Gasteiger partial charge >= 0.3 is 0 Å². The van der Waals surface area contributed by atoms with E-state index in [2.05, 4.69) is 15.4 Å². The molecular weight excluding hydrogens is 304 g/mol. The zero-order valence-electron chi connectivity index (χ0n) is 13.3. The molecule has 0 spiro atoms. The number of anilines is 1. The van der Waals surface area contributed by atoms with Crippen molar-refractivity contribution < 1.29 is 9.21 Å². The smallest absolute Gasteiger partial charge is 0.249 e. The lowest BCUT2D eigenvalue weighted by molar-refractivity contribution is -0.111. The quantitative estimate of drug-likeness (QED) is 0.708. The molecule has 0 saturated carbocycles. The molecule has 0 aliphatic carbocycles. The first-order valence-electron chi connectivity index (χ1n) is 7.67. The van der Waals surface area contributed by atoms with Gasteiger partial charge in [0.05, 0.1) is 0 Å². The average molecular weight is 322 g/mol. The summed E-state index contributed by atoms with van der Waals surface area (Å²) < 4.78 is 7.17. The molecule has 0 radical (unpaired) electrons. The molecule has 0 fully saturated rings. The highest BCUT2D eigenvalue weighted by Gasteiger charge is 2.03. The molecule has 3 rings (SSSR count). The van der Waals surface area contributed by atoms with Gasteiger partial charge in [0.2, 0.25) is 5.91 Å². The van der Waals surface area contributed by atoms with Crippen molar-refractivity contribution in [3.63, 3.8) is 0 Å². The molecule has 0 unspecified atom stereocenters. The number of aryl methyl sites for hydroxylation is 3. The van der Waals surface area contributed by atoms with Crippen LogP contribution in [0.3, 0.4) is 0 Å². The van der Waals surface area contributed by atoms with Crippen molar-refractivity contribution in [2.24, 2.45) is 0 Å². The summed E-state index contributed by atoms with van der Waals surface area (Å²) in [6.07, 6.45) is 9.30. The van der Waals surface area contributed by atoms with Gasteiger partial charge < -0.3 is 9.73 Å². The summed E-state index contributed by atoms with van der Waals surface area (Å²) >= 11 is 0. The lowest BCUT2D eigenvalue weighted by atomic mass is 10.2. The monoisotopic (exact) mass is 322 g/mol. The van der Waals surface area contributed by atoms with Gasteiger partial charge in [0.1, 0.15) is 11.5 Å². The minimum Gasteiger partial charge on any atom is -0.462 e. The summed E-state index contributed by atoms with van der Waals surface area (Å²) in [6.45, 7) is 2.59. The van der Waals surface area contributed by atoms with Crippen LogP contribution in [0.25, 0.3) is 6.08 Å². The SMILES string of the molecule is Cc1ccc(/C=C/C(=O)Nc2ccn(CCc3ccncc3)n2)o1. The van der Waals surface area contributed by atoms with Crippen molar-refractivity contribution in [2.45, 2.75) is 19.9 Å². The zero-order chi connectivity index (χ0) is 16.8. The predicted molar refractivity (Wildman–Crippen MR) is 91.3 cm³/mol. The maximum atomic E-state index is 11.9. The number of carbonyl (C=O) groups is 1. The Balaban J connectivity index is 1.52. The van der Waals surface area contributed by atoms with Crippen LogP contribution in [-0.4, -0.2) is 20.7 Å². The Morgan fingerprint density at radius 2 is 2.08 bits per heavy atom. The Labute approximate surface area is 139 Å². The van der Waals surface area contributed by atoms with Crippen LogP contribution in [0, 0.1) is 6.92 Å². The van der Waals surface area contributed by atoms with E-state index < -0.39 is 0 Å². The molecule has 0 atom stereocenters. The van der Waals surface area contributed by atoms with Crippen LogP contribution in [0.2, 0.25) is 0 Å². The fourth-order valence-corrected chi connectivity index (χ4v) is 2.21. The van der Waals surface area contributed by atoms with Crippen molar-refractivity contribution >= 4 is 17.8 Å². The molecule has 1 amide bonds. The number of pyridine rings is 1. The van der Waals surface area contributed by atoms with E-state index in [0.29, 0.717) is 11.6 Å². The highest BCUT2D eigenvalue weighted by atomic mass is 16.3. The van der Waals surface area contributed by atoms with Crippen LogP contribution in [-0.2, 0) is 17.8 Å². The topological polar surface area (TPSA) is 73.0 Å². The largest absolute Gasteiger partial charge is 0.462 e. The van der Waals surface area contributed by atoms with Crippen molar-refractivity contribution in [2.75, 3.05) is 5.32 Å². The molecule has 3 aromatic rings. The second-order valence-electron chi connectivity index (χ2n) is 5.34. The van der Waals surface area contributed by atoms with Gasteiger partial charge in [-0.15, -0.1) is 0 Å². The molecule has 0 aliphatic heterocycles. The van der Waals surface area contributed by atoms with Crippen LogP contribution in [0.4, 0.5) is 5.82 Å². The van der Waals surface area contributed by atoms with Crippen LogP contribution in [0.5, 0.6) is 0 Å². The molecular formula is C18H18N4O2. The van der Waals surface area contributed by atoms with E-state index in [4.69, 9.17) is 4.42 Å². The molecule has 0 bridgehead atoms. The second kappa shape index (κ2) is 7.41. The number of amides is 1. The molecule has 3 aromatic heterocycles. The summed E-state index contributed by atoms with van der Waals surface area (Å²) in [5.41, 5.74) is 1.20. The molecule has 122 valence electrons. The number of rotatable bonds is 6. The normalized spacial score (nSPS) is 11.0. The van der Waals surface area contributed by atoms with Gasteiger partial charge in [0.15, 0.2) is 5.82 Å². The third kappa shape index (κ3) is 4.42. The van der Waals surface area contributed by atoms with Crippen molar-refractivity contribution in [3.8, 4) is 0 Å². The molecule has 0 aromatic carbocycles. The van der Waals surface area contributed by atoms with Gasteiger partial charge in [-0.1, -0.05) is 0 Å². The first-order valence-corrected chi connectivity index (χ1v) is 7.67. The maximum absolute atomic E-state index is 11.9. The standard InChI is InChI=1S/C18H18N4O2/c1-14-2-3-16(24-14)4-5-18(23)20-17-9-13-22(21-17)12-8-15-6-10-19-11-7-15/h2-7,9-11,13H,8,12H2,1H3,(H,20,21,23)/b5-4+. The Kier molecular flexibility index (Phi) is 4.86. The molecule has 6 heteroatoms. The van der Waals surface area contributed by atoms with Gasteiger partial charge in [-0.05, 0) is 49.2 Å². The number of furan rings is 1. The third-order valence-electron chi connectivity index (χ3n) is 3.43. The Hall–Kier alpha value is -3.15. The van der Waals surface area contributed by atoms with Gasteiger partial charge in [-0.3, -0.25) is 14.5 Å². The van der Waals surface area contributed by atoms with Gasteiger partial charge in [0, 0.05) is 37.3 Å². The highest BCUT2D eigenvalue weighted by Crippen LogP contribution is 2.09. The van der Waals surface area contributed by atoms with Gasteiger partial charge in [0.25, 0.3) is 0 Å². The number of hydrogen-bond acceptors (Lipinski definition) is 4. The molecule has 0 saturated heterocycles. The van der Waals surface area contributed by atoms with Gasteiger partial charge in [-0.25, -0.2) is 0 Å². The first-order chi connectivity index (χ1) is 11.7. The van der Waals surface area contributed by atoms with Gasteiger partial charge in [-0.2, -0.15) is 5.10 Å². The highest BCUT2D eigenvalue weighted by molar-refractivity contribution is 6.01. The van der Waals surface area contributed by atoms with Crippen molar-refractivity contribution in [1.29, 1.82) is 0 Å². The van der Waals surface area contributed by atoms with Crippen LogP contribution in [0.1, 0.15) is 17.1 Å². The predicted octanol–water partition coefficient (Wildman–Crippen LogP) is 3.07. The van der Waals surface area contributed by atoms with E-state index in [1.807, 2.05) is 37.4 Å². The van der Waals surface area contributed by atoms with E-state index >= 15 is 0 Å². The minimum atomic E-state index is -0.247. The fourth-order valence-electron chi connectivity index (χ4n) is 2.21. The number of nitrogens with zero attached hydrogens (tertiary/aromatic N) is 3. The summed E-state index contributed by atoms with van der Waals surface area (Å²) in [5, 5.41) is 7.06. The fraction of sp³-hybridized carbons (Fsp3) is 0.167. The second-order valence-corrected chi connectivity index (χ2v) is 5.34. The van der Waals surface area contributed by atoms with Crippen LogP contribution >= 0.6 is 0 Å². The number of nitrogens with one attached hydrogen (secondary N) is 1. The Morgan fingerprint density at radius 1 is 1.25 bits per heavy atom. The lowest BCUT2D eigenvalue weighted by Gasteiger charge is -2.01. The zero-order valence-corrected chi connectivity index (χ0v) is 13.3. The summed E-state index contributed by atoms with van der Waals surface area (Å²) in [5.74, 6) is 1.73. The number of carbonyl (C=O) groups excluding carboxylic acids is 1. The molecule has 1 N–H and O–H groups in total. The Bertz CT molecular complexity index is 834. The van der Waals surface area contributed by atoms with E-state index in [9.17, 15) is 4.79 Å². The summed E-state index contributed by atoms with van der Waals surface area (Å²) in [7, 11) is 0. The van der Waals surface area contributed by atoms with Crippen LogP contribution < -0.4 is 5.32 Å². The molecule has 24 heavy (non-hydrogen) atoms. The summed E-state index contributed by atoms with van der Waals surface area (Å²) in [4.78, 5) is 15.9. The molecule has 6 nitrogen and oxygen atoms in total. The number of hydrogen-bond donors (Lipinski definition) is 1. The first kappa shape index (κ1) is 15.7. The van der Waals surface area contributed by atoms with Crippen LogP contribution in [0.15, 0.2) is 59.4 Å². The van der Waals surface area contributed by atoms with E-state index in [1.165, 1.54) is 11.6 Å². The van der Waals surface area contributed by atoms with Crippen molar-refractivity contribution in [1.82, 2.24) is 14.8 Å². The van der Waals surface area contributed by atoms with E-state index in [0.717, 1.165) is 18.7 Å². The molecule has 0 aliphatic rings. The molecule has 3 heterocycles. The summed E-state index contributed by atoms with van der Waals surface area (Å²) in [6, 6.07) is 9.39. The lowest BCUT2D eigenvalue weighted by Crippen LogP contribution is -2.09. The maximum Gasteiger partial charge on any atom is 0.249 e. The number of aromatic nitrogens is 3. The Morgan fingerprint density at radius 3 is 2.83 bits per heavy atom. The van der Waals surface area contributed by atoms with E-state index in [-0.39, 0.29) is 5.91 Å². The third-order valence-corrected chi connectivity index (χ3v) is 3.43. The average Bonchev–Trinajstić information content (AvgIpc) is 3.21. The van der Waals surface area contributed by atoms with Crippen molar-refractivity contribution in [3.05, 3.63) is 72.1 Å². The minimum absolute atomic E-state index is 0.247. The van der Waals surface area contributed by atoms with E-state index in [1.54, 1.807) is 29.2 Å².